The SMILES string of the molecule is CCC(N)(CC)c1csc(C2CCCO2)n1. The number of ether oxygens (including phenoxy) is 1. The Bertz CT molecular complexity index is 341. The minimum atomic E-state index is -0.257. The first-order valence-corrected chi connectivity index (χ1v) is 6.94. The maximum absolute atomic E-state index is 6.33. The van der Waals surface area contributed by atoms with Gasteiger partial charge in [-0.25, -0.2) is 4.98 Å². The third-order valence-corrected chi connectivity index (χ3v) is 4.44. The van der Waals surface area contributed by atoms with Gasteiger partial charge in [0.25, 0.3) is 0 Å². The summed E-state index contributed by atoms with van der Waals surface area (Å²) in [5.41, 5.74) is 7.11. The number of nitrogens with two attached hydrogens (primary N) is 1. The van der Waals surface area contributed by atoms with Gasteiger partial charge in [-0.1, -0.05) is 13.8 Å². The highest BCUT2D eigenvalue weighted by Gasteiger charge is 2.28. The average molecular weight is 240 g/mol. The molecule has 0 radical (unpaired) electrons. The van der Waals surface area contributed by atoms with Gasteiger partial charge in [0.2, 0.25) is 0 Å². The van der Waals surface area contributed by atoms with Crippen molar-refractivity contribution in [1.29, 1.82) is 0 Å². The van der Waals surface area contributed by atoms with Crippen molar-refractivity contribution in [3.05, 3.63) is 16.1 Å². The molecule has 0 aromatic carbocycles. The lowest BCUT2D eigenvalue weighted by Gasteiger charge is -2.24. The summed E-state index contributed by atoms with van der Waals surface area (Å²) in [7, 11) is 0. The van der Waals surface area contributed by atoms with Crippen molar-refractivity contribution in [2.75, 3.05) is 6.61 Å². The summed E-state index contributed by atoms with van der Waals surface area (Å²) in [6.07, 6.45) is 4.32. The van der Waals surface area contributed by atoms with Gasteiger partial charge in [-0.2, -0.15) is 0 Å². The molecule has 0 spiro atoms. The lowest BCUT2D eigenvalue weighted by molar-refractivity contribution is 0.111. The van der Waals surface area contributed by atoms with Crippen molar-refractivity contribution in [2.45, 2.75) is 51.2 Å². The van der Waals surface area contributed by atoms with Crippen LogP contribution in [0.4, 0.5) is 0 Å². The van der Waals surface area contributed by atoms with E-state index in [4.69, 9.17) is 10.5 Å². The van der Waals surface area contributed by atoms with Gasteiger partial charge in [0.05, 0.1) is 11.2 Å². The van der Waals surface area contributed by atoms with Crippen LogP contribution < -0.4 is 5.73 Å². The van der Waals surface area contributed by atoms with Crippen LogP contribution in [0.3, 0.4) is 0 Å². The highest BCUT2D eigenvalue weighted by Crippen LogP contribution is 2.34. The molecule has 2 heterocycles. The molecule has 1 aliphatic heterocycles. The molecule has 1 saturated heterocycles. The van der Waals surface area contributed by atoms with Gasteiger partial charge in [-0.05, 0) is 25.7 Å². The highest BCUT2D eigenvalue weighted by molar-refractivity contribution is 7.09. The van der Waals surface area contributed by atoms with Gasteiger partial charge in [-0.15, -0.1) is 11.3 Å². The molecule has 16 heavy (non-hydrogen) atoms. The molecule has 90 valence electrons. The molecule has 0 bridgehead atoms. The highest BCUT2D eigenvalue weighted by atomic mass is 32.1. The van der Waals surface area contributed by atoms with Crippen LogP contribution >= 0.6 is 11.3 Å². The predicted octanol–water partition coefficient (Wildman–Crippen LogP) is 2.97. The summed E-state index contributed by atoms with van der Waals surface area (Å²) in [5, 5.41) is 3.20. The fraction of sp³-hybridized carbons (Fsp3) is 0.750. The first-order valence-electron chi connectivity index (χ1n) is 6.06. The van der Waals surface area contributed by atoms with Crippen molar-refractivity contribution >= 4 is 11.3 Å². The summed E-state index contributed by atoms with van der Waals surface area (Å²) in [4.78, 5) is 4.67. The maximum Gasteiger partial charge on any atom is 0.122 e. The maximum atomic E-state index is 6.33. The molecular weight excluding hydrogens is 220 g/mol. The van der Waals surface area contributed by atoms with E-state index in [0.29, 0.717) is 0 Å². The van der Waals surface area contributed by atoms with Crippen molar-refractivity contribution in [2.24, 2.45) is 5.73 Å². The average Bonchev–Trinajstić information content (AvgIpc) is 2.97. The normalized spacial score (nSPS) is 21.6. The van der Waals surface area contributed by atoms with Gasteiger partial charge in [-0.3, -0.25) is 0 Å². The molecule has 1 fully saturated rings. The van der Waals surface area contributed by atoms with Crippen LogP contribution in [0.25, 0.3) is 0 Å². The second kappa shape index (κ2) is 4.82. The van der Waals surface area contributed by atoms with E-state index >= 15 is 0 Å². The summed E-state index contributed by atoms with van der Waals surface area (Å²) >= 11 is 1.69. The zero-order valence-corrected chi connectivity index (χ0v) is 10.8. The molecule has 1 aromatic heterocycles. The molecule has 0 saturated carbocycles. The number of hydrogen-bond donors (Lipinski definition) is 1. The van der Waals surface area contributed by atoms with Gasteiger partial charge < -0.3 is 10.5 Å². The summed E-state index contributed by atoms with van der Waals surface area (Å²) in [6.45, 7) is 5.11. The Balaban J connectivity index is 2.17. The fourth-order valence-corrected chi connectivity index (χ4v) is 3.06. The molecule has 1 unspecified atom stereocenters. The van der Waals surface area contributed by atoms with Crippen molar-refractivity contribution in [3.63, 3.8) is 0 Å². The third kappa shape index (κ3) is 2.14. The topological polar surface area (TPSA) is 48.1 Å². The number of thiazole rings is 1. The number of nitrogens with zero attached hydrogens (tertiary/aromatic N) is 1. The molecule has 2 rings (SSSR count). The van der Waals surface area contributed by atoms with Gasteiger partial charge in [0.15, 0.2) is 0 Å². The largest absolute Gasteiger partial charge is 0.371 e. The molecule has 1 atom stereocenters. The Morgan fingerprint density at radius 3 is 2.88 bits per heavy atom. The van der Waals surface area contributed by atoms with Crippen LogP contribution in [0.5, 0.6) is 0 Å². The summed E-state index contributed by atoms with van der Waals surface area (Å²) in [6, 6.07) is 0. The standard InChI is InChI=1S/C12H20N2OS/c1-3-12(13,4-2)10-8-16-11(14-10)9-6-5-7-15-9/h8-9H,3-7,13H2,1-2H3. The smallest absolute Gasteiger partial charge is 0.122 e. The lowest BCUT2D eigenvalue weighted by Crippen LogP contribution is -2.35. The Kier molecular flexibility index (Phi) is 3.62. The Hall–Kier alpha value is -0.450. The van der Waals surface area contributed by atoms with E-state index in [1.165, 1.54) is 0 Å². The predicted molar refractivity (Wildman–Crippen MR) is 66.5 cm³/mol. The molecule has 0 amide bonds. The number of aromatic nitrogens is 1. The van der Waals surface area contributed by atoms with E-state index in [2.05, 4.69) is 24.2 Å². The van der Waals surface area contributed by atoms with E-state index in [0.717, 1.165) is 43.0 Å². The van der Waals surface area contributed by atoms with Gasteiger partial charge >= 0.3 is 0 Å². The molecular formula is C12H20N2OS. The van der Waals surface area contributed by atoms with Gasteiger partial charge in [0, 0.05) is 12.0 Å². The molecule has 1 aliphatic rings. The monoisotopic (exact) mass is 240 g/mol. The quantitative estimate of drug-likeness (QED) is 0.880. The van der Waals surface area contributed by atoms with Gasteiger partial charge in [0.1, 0.15) is 11.1 Å². The van der Waals surface area contributed by atoms with E-state index < -0.39 is 0 Å². The van der Waals surface area contributed by atoms with E-state index in [1.807, 2.05) is 0 Å². The van der Waals surface area contributed by atoms with Crippen LogP contribution in [-0.4, -0.2) is 11.6 Å². The number of hydrogen-bond acceptors (Lipinski definition) is 4. The molecule has 0 aliphatic carbocycles. The molecule has 3 nitrogen and oxygen atoms in total. The summed E-state index contributed by atoms with van der Waals surface area (Å²) < 4.78 is 5.64. The zero-order valence-electron chi connectivity index (χ0n) is 10.0. The Labute approximate surface area is 101 Å². The van der Waals surface area contributed by atoms with E-state index in [9.17, 15) is 0 Å². The second-order valence-electron chi connectivity index (χ2n) is 4.44. The minimum absolute atomic E-state index is 0.219. The first kappa shape index (κ1) is 12.0. The van der Waals surface area contributed by atoms with Crippen molar-refractivity contribution in [3.8, 4) is 0 Å². The van der Waals surface area contributed by atoms with Crippen LogP contribution in [-0.2, 0) is 10.3 Å². The number of rotatable bonds is 4. The van der Waals surface area contributed by atoms with E-state index in [-0.39, 0.29) is 11.6 Å². The first-order chi connectivity index (χ1) is 7.69. The van der Waals surface area contributed by atoms with Crippen LogP contribution in [0.2, 0.25) is 0 Å². The third-order valence-electron chi connectivity index (χ3n) is 3.50. The van der Waals surface area contributed by atoms with Crippen LogP contribution in [0, 0.1) is 0 Å². The second-order valence-corrected chi connectivity index (χ2v) is 5.33. The zero-order chi connectivity index (χ0) is 11.6. The van der Waals surface area contributed by atoms with Crippen LogP contribution in [0.15, 0.2) is 5.38 Å². The molecule has 4 heteroatoms. The van der Waals surface area contributed by atoms with Crippen LogP contribution in [0.1, 0.15) is 56.3 Å². The van der Waals surface area contributed by atoms with E-state index in [1.54, 1.807) is 11.3 Å². The van der Waals surface area contributed by atoms with Crippen molar-refractivity contribution in [1.82, 2.24) is 4.98 Å². The summed E-state index contributed by atoms with van der Waals surface area (Å²) in [5.74, 6) is 0. The minimum Gasteiger partial charge on any atom is -0.371 e. The fourth-order valence-electron chi connectivity index (χ4n) is 2.05. The molecule has 2 N–H and O–H groups in total. The lowest BCUT2D eigenvalue weighted by atomic mass is 9.91. The van der Waals surface area contributed by atoms with Crippen molar-refractivity contribution < 1.29 is 4.74 Å². The molecule has 1 aromatic rings. The Morgan fingerprint density at radius 1 is 1.56 bits per heavy atom. The Morgan fingerprint density at radius 2 is 2.31 bits per heavy atom.